The van der Waals surface area contributed by atoms with E-state index in [0.717, 1.165) is 0 Å². The minimum absolute atomic E-state index is 0. The Kier molecular flexibility index (Phi) is 28.8. The van der Waals surface area contributed by atoms with Gasteiger partial charge < -0.3 is 51.9 Å². The summed E-state index contributed by atoms with van der Waals surface area (Å²) in [6, 6.07) is 0. The molecule has 0 unspecified atom stereocenters. The minimum Gasteiger partial charge on any atom is -0.545 e. The number of quaternary nitrogens is 2. The zero-order valence-electron chi connectivity index (χ0n) is 9.88. The van der Waals surface area contributed by atoms with Crippen LogP contribution in [0.25, 0.3) is 0 Å². The molecule has 0 atom stereocenters. The average Bonchev–Trinajstić information content (AvgIpc) is 2.12. The SMILES string of the molecule is O=C([O-])/C=C\C(=O)[O-].O=C([O-])/C=C\C(=O)[O-].[Cu+2].[NH4+].[NH4+]. The third-order valence-electron chi connectivity index (χ3n) is 0.711. The number of carboxylic acid groups (broad SMARTS) is 4. The van der Waals surface area contributed by atoms with Crippen LogP contribution in [0.5, 0.6) is 0 Å². The van der Waals surface area contributed by atoms with Crippen LogP contribution in [-0.2, 0) is 36.2 Å². The van der Waals surface area contributed by atoms with Crippen molar-refractivity contribution < 1.29 is 56.7 Å². The van der Waals surface area contributed by atoms with Gasteiger partial charge in [-0.2, -0.15) is 0 Å². The summed E-state index contributed by atoms with van der Waals surface area (Å²) < 4.78 is 0. The van der Waals surface area contributed by atoms with Crippen molar-refractivity contribution in [2.24, 2.45) is 0 Å². The van der Waals surface area contributed by atoms with E-state index in [1.807, 2.05) is 0 Å². The van der Waals surface area contributed by atoms with Crippen LogP contribution in [0.3, 0.4) is 0 Å². The molecule has 0 fully saturated rings. The van der Waals surface area contributed by atoms with Crippen LogP contribution in [0.2, 0.25) is 0 Å². The first-order valence-corrected chi connectivity index (χ1v) is 3.45. The Morgan fingerprint density at radius 3 is 0.684 bits per heavy atom. The van der Waals surface area contributed by atoms with E-state index in [2.05, 4.69) is 0 Å². The number of carbonyl (C=O) groups is 4. The summed E-state index contributed by atoms with van der Waals surface area (Å²) in [5.74, 6) is -6.19. The summed E-state index contributed by atoms with van der Waals surface area (Å²) in [4.78, 5) is 37.7. The first-order valence-electron chi connectivity index (χ1n) is 3.45. The van der Waals surface area contributed by atoms with E-state index in [1.54, 1.807) is 0 Å². The van der Waals surface area contributed by atoms with Crippen LogP contribution in [0.4, 0.5) is 0 Å². The second kappa shape index (κ2) is 18.2. The van der Waals surface area contributed by atoms with Crippen LogP contribution in [0.15, 0.2) is 24.3 Å². The molecule has 0 rings (SSSR count). The number of carbonyl (C=O) groups excluding carboxylic acids is 4. The Hall–Kier alpha value is -2.20. The molecule has 113 valence electrons. The molecular formula is C8H12CuN2O8. The molecule has 1 radical (unpaired) electrons. The van der Waals surface area contributed by atoms with E-state index in [9.17, 15) is 39.6 Å². The van der Waals surface area contributed by atoms with Crippen molar-refractivity contribution in [2.45, 2.75) is 0 Å². The van der Waals surface area contributed by atoms with Crippen LogP contribution >= 0.6 is 0 Å². The maximum atomic E-state index is 9.41. The number of hydrogen-bond donors (Lipinski definition) is 2. The largest absolute Gasteiger partial charge is 2.00 e. The van der Waals surface area contributed by atoms with Gasteiger partial charge in [0.25, 0.3) is 0 Å². The zero-order valence-corrected chi connectivity index (χ0v) is 10.8. The quantitative estimate of drug-likeness (QED) is 0.373. The minimum atomic E-state index is -1.55. The van der Waals surface area contributed by atoms with Crippen molar-refractivity contribution in [3.8, 4) is 0 Å². The zero-order chi connectivity index (χ0) is 13.1. The van der Waals surface area contributed by atoms with Gasteiger partial charge in [-0.05, 0) is 24.3 Å². The van der Waals surface area contributed by atoms with Gasteiger partial charge in [0.1, 0.15) is 0 Å². The molecular weight excluding hydrogens is 316 g/mol. The number of aliphatic carboxylic acids is 4. The monoisotopic (exact) mass is 327 g/mol. The van der Waals surface area contributed by atoms with Crippen molar-refractivity contribution in [1.29, 1.82) is 0 Å². The molecule has 0 amide bonds. The van der Waals surface area contributed by atoms with Gasteiger partial charge in [-0.1, -0.05) is 0 Å². The van der Waals surface area contributed by atoms with Crippen LogP contribution in [-0.4, -0.2) is 23.9 Å². The maximum absolute atomic E-state index is 9.41. The van der Waals surface area contributed by atoms with E-state index in [1.165, 1.54) is 0 Å². The molecule has 0 saturated heterocycles. The van der Waals surface area contributed by atoms with Crippen LogP contribution < -0.4 is 32.7 Å². The van der Waals surface area contributed by atoms with Gasteiger partial charge in [0.2, 0.25) is 0 Å². The third-order valence-corrected chi connectivity index (χ3v) is 0.711. The second-order valence-corrected chi connectivity index (χ2v) is 1.94. The second-order valence-electron chi connectivity index (χ2n) is 1.94. The van der Waals surface area contributed by atoms with Crippen LogP contribution in [0.1, 0.15) is 0 Å². The molecule has 11 heteroatoms. The summed E-state index contributed by atoms with van der Waals surface area (Å²) in [7, 11) is 0. The molecule has 0 aromatic rings. The van der Waals surface area contributed by atoms with E-state index >= 15 is 0 Å². The van der Waals surface area contributed by atoms with Gasteiger partial charge in [-0.3, -0.25) is 0 Å². The fourth-order valence-electron chi connectivity index (χ4n) is 0.272. The molecule has 0 heterocycles. The van der Waals surface area contributed by atoms with Gasteiger partial charge in [-0.15, -0.1) is 0 Å². The molecule has 19 heavy (non-hydrogen) atoms. The van der Waals surface area contributed by atoms with Gasteiger partial charge in [-0.25, -0.2) is 0 Å². The molecule has 0 aromatic heterocycles. The van der Waals surface area contributed by atoms with E-state index in [0.29, 0.717) is 24.3 Å². The van der Waals surface area contributed by atoms with Gasteiger partial charge >= 0.3 is 17.1 Å². The van der Waals surface area contributed by atoms with Gasteiger partial charge in [0.15, 0.2) is 0 Å². The van der Waals surface area contributed by atoms with Crippen molar-refractivity contribution >= 4 is 23.9 Å². The van der Waals surface area contributed by atoms with Crippen molar-refractivity contribution in [1.82, 2.24) is 12.3 Å². The maximum Gasteiger partial charge on any atom is 2.00 e. The Morgan fingerprint density at radius 2 is 0.632 bits per heavy atom. The Morgan fingerprint density at radius 1 is 0.526 bits per heavy atom. The third kappa shape index (κ3) is 49.5. The predicted molar refractivity (Wildman–Crippen MR) is 50.3 cm³/mol. The fraction of sp³-hybridized carbons (Fsp3) is 0. The summed E-state index contributed by atoms with van der Waals surface area (Å²) in [5.41, 5.74) is 0. The Bertz CT molecular complexity index is 287. The average molecular weight is 328 g/mol. The molecule has 0 aromatic carbocycles. The number of rotatable bonds is 4. The number of carboxylic acids is 4. The topological polar surface area (TPSA) is 234 Å². The standard InChI is InChI=1S/2C4H4O4.Cu.2H3N/c2*5-3(6)1-2-4(7)8;;;/h2*1-2H,(H,5,6)(H,7,8);;2*1H3/q;;+2;;/p-2/b2*2-1-;;;. The number of hydrogen-bond acceptors (Lipinski definition) is 8. The molecule has 0 aliphatic carbocycles. The van der Waals surface area contributed by atoms with Gasteiger partial charge in [0.05, 0.1) is 23.9 Å². The fourth-order valence-corrected chi connectivity index (χ4v) is 0.272. The molecule has 0 saturated carbocycles. The van der Waals surface area contributed by atoms with Crippen molar-refractivity contribution in [3.63, 3.8) is 0 Å². The summed E-state index contributed by atoms with van der Waals surface area (Å²) in [6.45, 7) is 0. The molecule has 0 spiro atoms. The summed E-state index contributed by atoms with van der Waals surface area (Å²) in [5, 5.41) is 37.7. The predicted octanol–water partition coefficient (Wildman–Crippen LogP) is -5.17. The summed E-state index contributed by atoms with van der Waals surface area (Å²) >= 11 is 0. The Balaban J connectivity index is -0.0000000594. The van der Waals surface area contributed by atoms with Crippen molar-refractivity contribution in [3.05, 3.63) is 24.3 Å². The molecule has 8 N–H and O–H groups in total. The molecule has 0 aliphatic rings. The Labute approximate surface area is 118 Å². The molecule has 0 aliphatic heterocycles. The van der Waals surface area contributed by atoms with Crippen LogP contribution in [0, 0.1) is 0 Å². The first kappa shape index (κ1) is 30.1. The molecule has 0 bridgehead atoms. The normalized spacial score (nSPS) is 8.00. The van der Waals surface area contributed by atoms with Crippen molar-refractivity contribution in [2.75, 3.05) is 0 Å². The first-order chi connectivity index (χ1) is 7.25. The molecule has 10 nitrogen and oxygen atoms in total. The summed E-state index contributed by atoms with van der Waals surface area (Å²) in [6.07, 6.45) is 1.54. The van der Waals surface area contributed by atoms with E-state index in [-0.39, 0.29) is 29.4 Å². The smallest absolute Gasteiger partial charge is 0.545 e. The van der Waals surface area contributed by atoms with E-state index in [4.69, 9.17) is 0 Å². The van der Waals surface area contributed by atoms with Gasteiger partial charge in [0, 0.05) is 0 Å². The van der Waals surface area contributed by atoms with E-state index < -0.39 is 23.9 Å².